The zero-order valence-corrected chi connectivity index (χ0v) is 13.3. The van der Waals surface area contributed by atoms with Gasteiger partial charge in [-0.1, -0.05) is 32.8 Å². The predicted octanol–water partition coefficient (Wildman–Crippen LogP) is 2.82. The number of sulfonamides is 1. The highest BCUT2D eigenvalue weighted by molar-refractivity contribution is 7.89. The Hall–Kier alpha value is -1.07. The zero-order valence-electron chi connectivity index (χ0n) is 12.4. The summed E-state index contributed by atoms with van der Waals surface area (Å²) in [6.45, 7) is 6.12. The standard InChI is InChI=1S/C15H24N2O2S/c1-11-7-8-12(10-13(11)16)20(18,19)17-14-6-4-5-9-15(14,2)3/h7-8,10,14,17H,4-6,9,16H2,1-3H3. The number of anilines is 1. The third kappa shape index (κ3) is 3.15. The summed E-state index contributed by atoms with van der Waals surface area (Å²) in [6.07, 6.45) is 4.19. The lowest BCUT2D eigenvalue weighted by atomic mass is 9.74. The lowest BCUT2D eigenvalue weighted by Gasteiger charge is -2.38. The molecule has 5 heteroatoms. The van der Waals surface area contributed by atoms with Gasteiger partial charge < -0.3 is 5.73 Å². The van der Waals surface area contributed by atoms with Gasteiger partial charge in [0.2, 0.25) is 10.0 Å². The van der Waals surface area contributed by atoms with Gasteiger partial charge in [-0.15, -0.1) is 0 Å². The summed E-state index contributed by atoms with van der Waals surface area (Å²) in [7, 11) is -3.50. The van der Waals surface area contributed by atoms with Gasteiger partial charge >= 0.3 is 0 Å². The number of nitrogens with two attached hydrogens (primary N) is 1. The van der Waals surface area contributed by atoms with Crippen molar-refractivity contribution in [3.05, 3.63) is 23.8 Å². The molecule has 112 valence electrons. The Morgan fingerprint density at radius 1 is 1.30 bits per heavy atom. The van der Waals surface area contributed by atoms with Crippen molar-refractivity contribution in [3.63, 3.8) is 0 Å². The predicted molar refractivity (Wildman–Crippen MR) is 81.9 cm³/mol. The molecule has 0 heterocycles. The van der Waals surface area contributed by atoms with Crippen LogP contribution in [-0.2, 0) is 10.0 Å². The minimum absolute atomic E-state index is 0.00155. The molecule has 0 bridgehead atoms. The molecule has 1 saturated carbocycles. The number of aryl methyl sites for hydroxylation is 1. The molecule has 20 heavy (non-hydrogen) atoms. The van der Waals surface area contributed by atoms with Crippen LogP contribution >= 0.6 is 0 Å². The summed E-state index contributed by atoms with van der Waals surface area (Å²) < 4.78 is 27.8. The van der Waals surface area contributed by atoms with Crippen molar-refractivity contribution in [2.24, 2.45) is 5.41 Å². The molecule has 0 aromatic heterocycles. The number of rotatable bonds is 3. The van der Waals surface area contributed by atoms with Crippen LogP contribution in [0.1, 0.15) is 45.1 Å². The van der Waals surface area contributed by atoms with Crippen LogP contribution in [0.15, 0.2) is 23.1 Å². The molecule has 1 fully saturated rings. The molecular weight excluding hydrogens is 272 g/mol. The fourth-order valence-corrected chi connectivity index (χ4v) is 4.23. The van der Waals surface area contributed by atoms with Gasteiger partial charge in [0.1, 0.15) is 0 Å². The van der Waals surface area contributed by atoms with Gasteiger partial charge in [0.15, 0.2) is 0 Å². The molecule has 1 unspecified atom stereocenters. The van der Waals surface area contributed by atoms with Crippen LogP contribution in [0.3, 0.4) is 0 Å². The van der Waals surface area contributed by atoms with E-state index in [0.29, 0.717) is 5.69 Å². The van der Waals surface area contributed by atoms with E-state index in [1.54, 1.807) is 12.1 Å². The highest BCUT2D eigenvalue weighted by Crippen LogP contribution is 2.36. The molecule has 2 rings (SSSR count). The molecule has 0 spiro atoms. The van der Waals surface area contributed by atoms with E-state index in [-0.39, 0.29) is 16.4 Å². The van der Waals surface area contributed by atoms with E-state index < -0.39 is 10.0 Å². The molecule has 0 amide bonds. The Balaban J connectivity index is 2.24. The first-order valence-corrected chi connectivity index (χ1v) is 8.59. The SMILES string of the molecule is Cc1ccc(S(=O)(=O)NC2CCCCC2(C)C)cc1N. The van der Waals surface area contributed by atoms with Gasteiger partial charge in [0, 0.05) is 11.7 Å². The first-order valence-electron chi connectivity index (χ1n) is 7.11. The van der Waals surface area contributed by atoms with Crippen molar-refractivity contribution in [3.8, 4) is 0 Å². The average Bonchev–Trinajstić information content (AvgIpc) is 2.35. The van der Waals surface area contributed by atoms with Crippen LogP contribution in [0, 0.1) is 12.3 Å². The normalized spacial score (nSPS) is 22.6. The molecule has 1 aromatic rings. The molecule has 1 atom stereocenters. The largest absolute Gasteiger partial charge is 0.398 e. The van der Waals surface area contributed by atoms with Gasteiger partial charge in [0.25, 0.3) is 0 Å². The molecule has 1 aliphatic rings. The van der Waals surface area contributed by atoms with E-state index in [4.69, 9.17) is 5.73 Å². The fourth-order valence-electron chi connectivity index (χ4n) is 2.75. The van der Waals surface area contributed by atoms with Crippen LogP contribution in [0.4, 0.5) is 5.69 Å². The summed E-state index contributed by atoms with van der Waals surface area (Å²) >= 11 is 0. The van der Waals surface area contributed by atoms with Crippen molar-refractivity contribution in [2.45, 2.75) is 57.4 Å². The second-order valence-corrected chi connectivity index (χ2v) is 8.14. The van der Waals surface area contributed by atoms with Gasteiger partial charge in [-0.3, -0.25) is 0 Å². The summed E-state index contributed by atoms with van der Waals surface area (Å²) in [5.41, 5.74) is 7.21. The Labute approximate surface area is 121 Å². The maximum absolute atomic E-state index is 12.5. The lowest BCUT2D eigenvalue weighted by molar-refractivity contribution is 0.188. The highest BCUT2D eigenvalue weighted by Gasteiger charge is 2.35. The zero-order chi connectivity index (χ0) is 15.0. The Kier molecular flexibility index (Phi) is 4.12. The maximum atomic E-state index is 12.5. The summed E-state index contributed by atoms with van der Waals surface area (Å²) in [6, 6.07) is 4.89. The van der Waals surface area contributed by atoms with Crippen LogP contribution < -0.4 is 10.5 Å². The molecular formula is C15H24N2O2S. The van der Waals surface area contributed by atoms with E-state index in [0.717, 1.165) is 24.8 Å². The van der Waals surface area contributed by atoms with E-state index in [2.05, 4.69) is 18.6 Å². The van der Waals surface area contributed by atoms with Gasteiger partial charge in [-0.25, -0.2) is 13.1 Å². The topological polar surface area (TPSA) is 72.2 Å². The first-order chi connectivity index (χ1) is 9.22. The van der Waals surface area contributed by atoms with Gasteiger partial charge in [0.05, 0.1) is 4.90 Å². The molecule has 0 radical (unpaired) electrons. The Bertz CT molecular complexity index is 594. The third-order valence-electron chi connectivity index (χ3n) is 4.37. The lowest BCUT2D eigenvalue weighted by Crippen LogP contribution is -2.46. The van der Waals surface area contributed by atoms with E-state index >= 15 is 0 Å². The van der Waals surface area contributed by atoms with Crippen molar-refractivity contribution in [2.75, 3.05) is 5.73 Å². The second-order valence-electron chi connectivity index (χ2n) is 6.43. The number of nitrogen functional groups attached to an aromatic ring is 1. The van der Waals surface area contributed by atoms with Crippen LogP contribution in [0.2, 0.25) is 0 Å². The summed E-state index contributed by atoms with van der Waals surface area (Å²) in [5, 5.41) is 0. The molecule has 1 aromatic carbocycles. The van der Waals surface area contributed by atoms with Crippen LogP contribution in [0.5, 0.6) is 0 Å². The quantitative estimate of drug-likeness (QED) is 0.842. The molecule has 0 saturated heterocycles. The monoisotopic (exact) mass is 296 g/mol. The van der Waals surface area contributed by atoms with Crippen molar-refractivity contribution >= 4 is 15.7 Å². The van der Waals surface area contributed by atoms with Crippen molar-refractivity contribution < 1.29 is 8.42 Å². The van der Waals surface area contributed by atoms with E-state index in [1.165, 1.54) is 12.5 Å². The Morgan fingerprint density at radius 2 is 2.00 bits per heavy atom. The summed E-state index contributed by atoms with van der Waals surface area (Å²) in [5.74, 6) is 0. The summed E-state index contributed by atoms with van der Waals surface area (Å²) in [4.78, 5) is 0.252. The van der Waals surface area contributed by atoms with Gasteiger partial charge in [-0.2, -0.15) is 0 Å². The smallest absolute Gasteiger partial charge is 0.240 e. The number of hydrogen-bond donors (Lipinski definition) is 2. The molecule has 0 aliphatic heterocycles. The van der Waals surface area contributed by atoms with Crippen molar-refractivity contribution in [1.82, 2.24) is 4.72 Å². The number of nitrogens with one attached hydrogen (secondary N) is 1. The third-order valence-corrected chi connectivity index (χ3v) is 5.84. The fraction of sp³-hybridized carbons (Fsp3) is 0.600. The van der Waals surface area contributed by atoms with E-state index in [9.17, 15) is 8.42 Å². The minimum Gasteiger partial charge on any atom is -0.398 e. The number of hydrogen-bond acceptors (Lipinski definition) is 3. The van der Waals surface area contributed by atoms with Crippen LogP contribution in [0.25, 0.3) is 0 Å². The van der Waals surface area contributed by atoms with Gasteiger partial charge in [-0.05, 0) is 42.9 Å². The molecule has 3 N–H and O–H groups in total. The second kappa shape index (κ2) is 5.37. The van der Waals surface area contributed by atoms with E-state index in [1.807, 2.05) is 6.92 Å². The first kappa shape index (κ1) is 15.3. The molecule has 4 nitrogen and oxygen atoms in total. The maximum Gasteiger partial charge on any atom is 0.240 e. The van der Waals surface area contributed by atoms with Crippen LogP contribution in [-0.4, -0.2) is 14.5 Å². The minimum atomic E-state index is -3.50. The van der Waals surface area contributed by atoms with Crippen molar-refractivity contribution in [1.29, 1.82) is 0 Å². The number of benzene rings is 1. The average molecular weight is 296 g/mol. The Morgan fingerprint density at radius 3 is 2.60 bits per heavy atom. The molecule has 1 aliphatic carbocycles. The highest BCUT2D eigenvalue weighted by atomic mass is 32.2.